The fourth-order valence-corrected chi connectivity index (χ4v) is 4.32. The van der Waals surface area contributed by atoms with E-state index in [0.717, 1.165) is 6.42 Å². The summed E-state index contributed by atoms with van der Waals surface area (Å²) >= 11 is 5.42. The molecule has 2 N–H and O–H groups in total. The maximum Gasteiger partial charge on any atom is 0.326 e. The maximum absolute atomic E-state index is 11.3. The van der Waals surface area contributed by atoms with E-state index in [1.54, 1.807) is 0 Å². The zero-order valence-electron chi connectivity index (χ0n) is 11.5. The number of carboxylic acid groups (broad SMARTS) is 1. The van der Waals surface area contributed by atoms with Gasteiger partial charge >= 0.3 is 5.97 Å². The van der Waals surface area contributed by atoms with Gasteiger partial charge in [0.1, 0.15) is 11.9 Å². The Labute approximate surface area is 118 Å². The number of hydrogen-bond acceptors (Lipinski definition) is 2. The lowest BCUT2D eigenvalue weighted by atomic mass is 9.78. The van der Waals surface area contributed by atoms with Crippen LogP contribution in [0.1, 0.15) is 39.5 Å². The molecule has 2 aliphatic rings. The molecule has 0 radical (unpaired) electrons. The Balaban J connectivity index is 2.00. The summed E-state index contributed by atoms with van der Waals surface area (Å²) < 4.78 is 0. The highest BCUT2D eigenvalue weighted by Gasteiger charge is 2.53. The van der Waals surface area contributed by atoms with Gasteiger partial charge in [-0.25, -0.2) is 4.79 Å². The molecule has 4 nitrogen and oxygen atoms in total. The smallest absolute Gasteiger partial charge is 0.326 e. The predicted molar refractivity (Wildman–Crippen MR) is 73.0 cm³/mol. The standard InChI is InChI=1S/C14H22ClNO3/c1-14(2)9-3-4-10(14)8(5-9)6-11(13(18)19)16-12(17)7-15/h8-11H,3-7H2,1-2H3,(H,16,17)(H,18,19)/t8-,9?,10?,11?/m1/s1. The molecule has 0 spiro atoms. The van der Waals surface area contributed by atoms with Gasteiger partial charge in [0.15, 0.2) is 0 Å². The molecule has 0 aromatic rings. The zero-order chi connectivity index (χ0) is 14.2. The van der Waals surface area contributed by atoms with Crippen LogP contribution in [-0.4, -0.2) is 28.9 Å². The van der Waals surface area contributed by atoms with Gasteiger partial charge in [0.05, 0.1) is 0 Å². The number of nitrogens with one attached hydrogen (secondary N) is 1. The van der Waals surface area contributed by atoms with E-state index in [9.17, 15) is 14.7 Å². The molecule has 0 heterocycles. The summed E-state index contributed by atoms with van der Waals surface area (Å²) in [5.41, 5.74) is 0.324. The number of halogens is 1. The molecule has 4 atom stereocenters. The first-order valence-corrected chi connectivity index (χ1v) is 7.47. The highest BCUT2D eigenvalue weighted by atomic mass is 35.5. The lowest BCUT2D eigenvalue weighted by Crippen LogP contribution is -2.43. The number of fused-ring (bicyclic) bond motifs is 2. The van der Waals surface area contributed by atoms with Crippen molar-refractivity contribution in [3.63, 3.8) is 0 Å². The summed E-state index contributed by atoms with van der Waals surface area (Å²) in [6.07, 6.45) is 4.08. The van der Waals surface area contributed by atoms with Gasteiger partial charge in [-0.1, -0.05) is 13.8 Å². The van der Waals surface area contributed by atoms with E-state index in [-0.39, 0.29) is 5.88 Å². The topological polar surface area (TPSA) is 66.4 Å². The second-order valence-electron chi connectivity index (χ2n) is 6.53. The third kappa shape index (κ3) is 2.73. The highest BCUT2D eigenvalue weighted by molar-refractivity contribution is 6.27. The van der Waals surface area contributed by atoms with Crippen molar-refractivity contribution in [2.24, 2.45) is 23.2 Å². The van der Waals surface area contributed by atoms with Gasteiger partial charge in [0.2, 0.25) is 5.91 Å². The second kappa shape index (κ2) is 5.31. The largest absolute Gasteiger partial charge is 0.480 e. The van der Waals surface area contributed by atoms with Crippen molar-refractivity contribution in [3.05, 3.63) is 0 Å². The molecule has 108 valence electrons. The van der Waals surface area contributed by atoms with Crippen molar-refractivity contribution in [3.8, 4) is 0 Å². The first-order chi connectivity index (χ1) is 8.86. The number of carboxylic acids is 1. The summed E-state index contributed by atoms with van der Waals surface area (Å²) in [5.74, 6) is 0.153. The predicted octanol–water partition coefficient (Wildman–Crippen LogP) is 2.26. The number of alkyl halides is 1. The molecule has 2 fully saturated rings. The summed E-state index contributed by atoms with van der Waals surface area (Å²) in [4.78, 5) is 22.5. The van der Waals surface area contributed by atoms with Crippen LogP contribution in [0.25, 0.3) is 0 Å². The third-order valence-corrected chi connectivity index (χ3v) is 5.53. The number of carbonyl (C=O) groups excluding carboxylic acids is 1. The number of amides is 1. The molecule has 2 rings (SSSR count). The van der Waals surface area contributed by atoms with Crippen molar-refractivity contribution in [1.82, 2.24) is 5.32 Å². The normalized spacial score (nSPS) is 33.1. The SMILES string of the molecule is CC1(C)C2CCC1[C@@H](CC(NC(=O)CCl)C(=O)O)C2. The van der Waals surface area contributed by atoms with Gasteiger partial charge in [0, 0.05) is 0 Å². The highest BCUT2D eigenvalue weighted by Crippen LogP contribution is 2.61. The number of aliphatic carboxylic acids is 1. The van der Waals surface area contributed by atoms with E-state index in [1.807, 2.05) is 0 Å². The lowest BCUT2D eigenvalue weighted by Gasteiger charge is -2.28. The minimum Gasteiger partial charge on any atom is -0.480 e. The van der Waals surface area contributed by atoms with Crippen LogP contribution in [0.15, 0.2) is 0 Å². The molecule has 0 saturated heterocycles. The molecule has 0 aromatic carbocycles. The Kier molecular flexibility index (Phi) is 4.09. The monoisotopic (exact) mass is 287 g/mol. The first-order valence-electron chi connectivity index (χ1n) is 6.94. The molecule has 2 aliphatic carbocycles. The van der Waals surface area contributed by atoms with Crippen molar-refractivity contribution < 1.29 is 14.7 Å². The van der Waals surface area contributed by atoms with Crippen molar-refractivity contribution >= 4 is 23.5 Å². The van der Waals surface area contributed by atoms with E-state index >= 15 is 0 Å². The zero-order valence-corrected chi connectivity index (χ0v) is 12.2. The van der Waals surface area contributed by atoms with Crippen LogP contribution >= 0.6 is 11.6 Å². The first kappa shape index (κ1) is 14.6. The Morgan fingerprint density at radius 1 is 1.42 bits per heavy atom. The third-order valence-electron chi connectivity index (χ3n) is 5.28. The summed E-state index contributed by atoms with van der Waals surface area (Å²) in [5, 5.41) is 11.7. The minimum absolute atomic E-state index is 0.188. The van der Waals surface area contributed by atoms with Gasteiger partial charge in [0.25, 0.3) is 0 Å². The van der Waals surface area contributed by atoms with Crippen LogP contribution in [0.3, 0.4) is 0 Å². The average Bonchev–Trinajstić information content (AvgIpc) is 2.76. The Morgan fingerprint density at radius 3 is 2.53 bits per heavy atom. The van der Waals surface area contributed by atoms with Crippen LogP contribution in [-0.2, 0) is 9.59 Å². The number of hydrogen-bond donors (Lipinski definition) is 2. The lowest BCUT2D eigenvalue weighted by molar-refractivity contribution is -0.142. The minimum atomic E-state index is -0.959. The quantitative estimate of drug-likeness (QED) is 0.762. The van der Waals surface area contributed by atoms with Crippen molar-refractivity contribution in [1.29, 1.82) is 0 Å². The molecule has 5 heteroatoms. The van der Waals surface area contributed by atoms with Crippen LogP contribution in [0.4, 0.5) is 0 Å². The number of rotatable bonds is 5. The van der Waals surface area contributed by atoms with Gasteiger partial charge in [-0.2, -0.15) is 0 Å². The molecule has 1 amide bonds. The molecular formula is C14H22ClNO3. The maximum atomic E-state index is 11.3. The van der Waals surface area contributed by atoms with E-state index in [1.165, 1.54) is 12.8 Å². The molecule has 0 aliphatic heterocycles. The molecule has 0 aromatic heterocycles. The molecule has 3 unspecified atom stereocenters. The molecule has 19 heavy (non-hydrogen) atoms. The van der Waals surface area contributed by atoms with E-state index < -0.39 is 17.9 Å². The second-order valence-corrected chi connectivity index (χ2v) is 6.79. The number of carbonyl (C=O) groups is 2. The molecule has 2 saturated carbocycles. The summed E-state index contributed by atoms with van der Waals surface area (Å²) in [7, 11) is 0. The van der Waals surface area contributed by atoms with E-state index in [0.29, 0.717) is 29.6 Å². The Morgan fingerprint density at radius 2 is 2.11 bits per heavy atom. The fraction of sp³-hybridized carbons (Fsp3) is 0.857. The van der Waals surface area contributed by atoms with Gasteiger partial charge < -0.3 is 10.4 Å². The van der Waals surface area contributed by atoms with Gasteiger partial charge in [-0.3, -0.25) is 4.79 Å². The van der Waals surface area contributed by atoms with Crippen LogP contribution in [0.5, 0.6) is 0 Å². The average molecular weight is 288 g/mol. The Hall–Kier alpha value is -0.770. The molecular weight excluding hydrogens is 266 g/mol. The summed E-state index contributed by atoms with van der Waals surface area (Å²) in [6.45, 7) is 4.59. The van der Waals surface area contributed by atoms with Gasteiger partial charge in [-0.05, 0) is 48.9 Å². The fourth-order valence-electron chi connectivity index (χ4n) is 4.24. The molecule has 2 bridgehead atoms. The van der Waals surface area contributed by atoms with Crippen molar-refractivity contribution in [2.75, 3.05) is 5.88 Å². The summed E-state index contributed by atoms with van der Waals surface area (Å²) in [6, 6.07) is -0.800. The Bertz CT molecular complexity index is 383. The van der Waals surface area contributed by atoms with E-state index in [2.05, 4.69) is 19.2 Å². The van der Waals surface area contributed by atoms with Crippen LogP contribution < -0.4 is 5.32 Å². The van der Waals surface area contributed by atoms with Gasteiger partial charge in [-0.15, -0.1) is 11.6 Å². The van der Waals surface area contributed by atoms with Crippen LogP contribution in [0, 0.1) is 23.2 Å². The van der Waals surface area contributed by atoms with Crippen LogP contribution in [0.2, 0.25) is 0 Å². The van der Waals surface area contributed by atoms with E-state index in [4.69, 9.17) is 11.6 Å². The van der Waals surface area contributed by atoms with Crippen molar-refractivity contribution in [2.45, 2.75) is 45.6 Å².